The second-order valence-electron chi connectivity index (χ2n) is 3.38. The van der Waals surface area contributed by atoms with Crippen LogP contribution >= 0.6 is 0 Å². The Labute approximate surface area is 110 Å². The number of hydrogen-bond donors (Lipinski definition) is 0. The van der Waals surface area contributed by atoms with Gasteiger partial charge in [-0.3, -0.25) is 0 Å². The molecule has 0 spiro atoms. The van der Waals surface area contributed by atoms with Crippen molar-refractivity contribution in [1.82, 2.24) is 9.78 Å². The van der Waals surface area contributed by atoms with Crippen molar-refractivity contribution in [1.29, 1.82) is 0 Å². The van der Waals surface area contributed by atoms with Gasteiger partial charge in [0.05, 0.1) is 12.8 Å². The predicted molar refractivity (Wildman–Crippen MR) is 58.4 cm³/mol. The number of aryl methyl sites for hydroxylation is 1. The van der Waals surface area contributed by atoms with Gasteiger partial charge in [-0.15, -0.1) is 6.07 Å². The number of benzene rings is 1. The van der Waals surface area contributed by atoms with Crippen LogP contribution in [0.25, 0.3) is 5.69 Å². The summed E-state index contributed by atoms with van der Waals surface area (Å²) in [5, 5.41) is 4.41. The number of aromatic nitrogens is 2. The maximum Gasteiger partial charge on any atom is 0.217 e. The molecule has 3 nitrogen and oxygen atoms in total. The van der Waals surface area contributed by atoms with Crippen LogP contribution in [0.15, 0.2) is 24.3 Å². The number of rotatable bonds is 2. The summed E-state index contributed by atoms with van der Waals surface area (Å²) < 4.78 is 7.10. The molecule has 2 aromatic rings. The summed E-state index contributed by atoms with van der Waals surface area (Å²) in [5.74, 6) is 0.773. The molecule has 0 amide bonds. The van der Waals surface area contributed by atoms with Gasteiger partial charge in [0, 0.05) is 26.6 Å². The molecule has 88 valence electrons. The number of methoxy groups -OCH3 is 1. The quantitative estimate of drug-likeness (QED) is 0.729. The molecule has 0 aliphatic rings. The Balaban J connectivity index is 0.00000128. The number of ether oxygens (including phenoxy) is 1. The Morgan fingerprint density at radius 2 is 2.06 bits per heavy atom. The molecular weight excluding hydrogens is 383 g/mol. The fourth-order valence-electron chi connectivity index (χ4n) is 1.50. The molecule has 0 fully saturated rings. The SMILES string of the molecule is COc1c(C)c(C)nn1-c1[c-]cccc1.[Pt]. The summed E-state index contributed by atoms with van der Waals surface area (Å²) >= 11 is 0. The Bertz CT molecular complexity index is 465. The zero-order valence-corrected chi connectivity index (χ0v) is 11.7. The third-order valence-corrected chi connectivity index (χ3v) is 2.42. The Hall–Kier alpha value is -1.08. The van der Waals surface area contributed by atoms with Crippen LogP contribution < -0.4 is 4.74 Å². The second-order valence-corrected chi connectivity index (χ2v) is 3.38. The first kappa shape index (κ1) is 13.0. The average Bonchev–Trinajstić information content (AvgIpc) is 2.56. The van der Waals surface area contributed by atoms with E-state index in [0.29, 0.717) is 0 Å². The first-order valence-corrected chi connectivity index (χ1v) is 4.81. The average molecular weight is 396 g/mol. The van der Waals surface area contributed by atoms with Gasteiger partial charge in [0.25, 0.3) is 0 Å². The number of nitrogens with zero attached hydrogens (tertiary/aromatic N) is 2. The molecule has 0 saturated carbocycles. The summed E-state index contributed by atoms with van der Waals surface area (Å²) in [6.07, 6.45) is 0. The van der Waals surface area contributed by atoms with E-state index < -0.39 is 0 Å². The van der Waals surface area contributed by atoms with Crippen LogP contribution in [-0.2, 0) is 21.1 Å². The van der Waals surface area contributed by atoms with Gasteiger partial charge < -0.3 is 4.74 Å². The normalized spacial score (nSPS) is 9.69. The van der Waals surface area contributed by atoms with Crippen molar-refractivity contribution in [2.75, 3.05) is 7.11 Å². The van der Waals surface area contributed by atoms with E-state index in [9.17, 15) is 0 Å². The molecule has 4 heteroatoms. The zero-order chi connectivity index (χ0) is 10.8. The van der Waals surface area contributed by atoms with Crippen molar-refractivity contribution in [2.24, 2.45) is 0 Å². The minimum atomic E-state index is 0. The van der Waals surface area contributed by atoms with E-state index in [1.54, 1.807) is 11.8 Å². The van der Waals surface area contributed by atoms with Gasteiger partial charge in [0.2, 0.25) is 5.88 Å². The van der Waals surface area contributed by atoms with Gasteiger partial charge in [0.1, 0.15) is 0 Å². The third-order valence-electron chi connectivity index (χ3n) is 2.42. The maximum atomic E-state index is 5.33. The van der Waals surface area contributed by atoms with Crippen LogP contribution in [-0.4, -0.2) is 16.9 Å². The Morgan fingerprint density at radius 1 is 1.31 bits per heavy atom. The van der Waals surface area contributed by atoms with E-state index in [0.717, 1.165) is 22.8 Å². The fraction of sp³-hybridized carbons (Fsp3) is 0.250. The molecule has 0 radical (unpaired) electrons. The summed E-state index contributed by atoms with van der Waals surface area (Å²) in [5.41, 5.74) is 2.93. The van der Waals surface area contributed by atoms with E-state index in [1.807, 2.05) is 38.1 Å². The molecule has 0 atom stereocenters. The molecule has 0 aliphatic carbocycles. The Morgan fingerprint density at radius 3 is 2.62 bits per heavy atom. The van der Waals surface area contributed by atoms with E-state index >= 15 is 0 Å². The van der Waals surface area contributed by atoms with Crippen LogP contribution in [0.2, 0.25) is 0 Å². The molecule has 0 bridgehead atoms. The van der Waals surface area contributed by atoms with Crippen LogP contribution in [0.5, 0.6) is 5.88 Å². The van der Waals surface area contributed by atoms with E-state index in [2.05, 4.69) is 11.2 Å². The minimum absolute atomic E-state index is 0. The van der Waals surface area contributed by atoms with Crippen molar-refractivity contribution in [3.8, 4) is 11.6 Å². The van der Waals surface area contributed by atoms with Crippen LogP contribution in [0.3, 0.4) is 0 Å². The molecule has 16 heavy (non-hydrogen) atoms. The van der Waals surface area contributed by atoms with Crippen molar-refractivity contribution in [3.05, 3.63) is 41.6 Å². The zero-order valence-electron chi connectivity index (χ0n) is 9.43. The maximum absolute atomic E-state index is 5.33. The summed E-state index contributed by atoms with van der Waals surface area (Å²) in [6.45, 7) is 3.97. The van der Waals surface area contributed by atoms with Gasteiger partial charge in [0.15, 0.2) is 0 Å². The molecule has 0 N–H and O–H groups in total. The summed E-state index contributed by atoms with van der Waals surface area (Å²) in [4.78, 5) is 0. The van der Waals surface area contributed by atoms with E-state index in [4.69, 9.17) is 4.74 Å². The fourth-order valence-corrected chi connectivity index (χ4v) is 1.50. The van der Waals surface area contributed by atoms with E-state index in [1.165, 1.54) is 0 Å². The molecule has 1 heterocycles. The standard InChI is InChI=1S/C12H13N2O.Pt/c1-9-10(2)13-14(12(9)15-3)11-7-5-4-6-8-11;/h4-7H,1-3H3;/q-1;. The summed E-state index contributed by atoms with van der Waals surface area (Å²) in [7, 11) is 1.66. The molecule has 1 aromatic heterocycles. The smallest absolute Gasteiger partial charge is 0.217 e. The predicted octanol–water partition coefficient (Wildman–Crippen LogP) is 2.30. The molecule has 0 saturated heterocycles. The van der Waals surface area contributed by atoms with Gasteiger partial charge >= 0.3 is 0 Å². The first-order valence-electron chi connectivity index (χ1n) is 4.81. The minimum Gasteiger partial charge on any atom is -0.481 e. The monoisotopic (exact) mass is 396 g/mol. The topological polar surface area (TPSA) is 27.1 Å². The van der Waals surface area contributed by atoms with Crippen LogP contribution in [0.1, 0.15) is 11.3 Å². The first-order chi connectivity index (χ1) is 7.24. The van der Waals surface area contributed by atoms with Gasteiger partial charge in [-0.2, -0.15) is 29.4 Å². The molecule has 0 unspecified atom stereocenters. The van der Waals surface area contributed by atoms with Gasteiger partial charge in [-0.05, 0) is 19.5 Å². The van der Waals surface area contributed by atoms with Crippen molar-refractivity contribution in [2.45, 2.75) is 13.8 Å². The summed E-state index contributed by atoms with van der Waals surface area (Å²) in [6, 6.07) is 10.8. The van der Waals surface area contributed by atoms with E-state index in [-0.39, 0.29) is 21.1 Å². The van der Waals surface area contributed by atoms with Gasteiger partial charge in [-0.25, -0.2) is 4.68 Å². The van der Waals surface area contributed by atoms with Gasteiger partial charge in [-0.1, -0.05) is 0 Å². The number of para-hydroxylation sites is 1. The van der Waals surface area contributed by atoms with Crippen molar-refractivity contribution >= 4 is 0 Å². The van der Waals surface area contributed by atoms with Crippen molar-refractivity contribution < 1.29 is 25.8 Å². The number of hydrogen-bond acceptors (Lipinski definition) is 2. The van der Waals surface area contributed by atoms with Crippen molar-refractivity contribution in [3.63, 3.8) is 0 Å². The largest absolute Gasteiger partial charge is 0.481 e. The molecule has 0 aliphatic heterocycles. The Kier molecular flexibility index (Phi) is 4.31. The molecule has 2 rings (SSSR count). The van der Waals surface area contributed by atoms with Crippen LogP contribution in [0.4, 0.5) is 0 Å². The van der Waals surface area contributed by atoms with Crippen LogP contribution in [0, 0.1) is 19.9 Å². The molecular formula is C12H13N2OPt-. The third kappa shape index (κ3) is 2.19. The second kappa shape index (κ2) is 5.31. The molecule has 1 aromatic carbocycles.